The van der Waals surface area contributed by atoms with Crippen LogP contribution in [0.15, 0.2) is 24.3 Å². The molecular formula is C16H23BrO2. The Morgan fingerprint density at radius 3 is 2.79 bits per heavy atom. The van der Waals surface area contributed by atoms with Gasteiger partial charge in [0.25, 0.3) is 0 Å². The van der Waals surface area contributed by atoms with Gasteiger partial charge in [-0.15, -0.1) is 0 Å². The van der Waals surface area contributed by atoms with E-state index in [-0.39, 0.29) is 0 Å². The maximum atomic E-state index is 5.87. The zero-order valence-corrected chi connectivity index (χ0v) is 13.2. The number of hydrogen-bond donors (Lipinski definition) is 0. The highest BCUT2D eigenvalue weighted by molar-refractivity contribution is 9.09. The predicted octanol–water partition coefficient (Wildman–Crippen LogP) is 4.52. The Morgan fingerprint density at radius 2 is 1.95 bits per heavy atom. The topological polar surface area (TPSA) is 18.5 Å². The number of halogens is 1. The quantitative estimate of drug-likeness (QED) is 0.450. The summed E-state index contributed by atoms with van der Waals surface area (Å²) in [6.45, 7) is 1.26. The van der Waals surface area contributed by atoms with Crippen molar-refractivity contribution in [3.8, 4) is 5.75 Å². The van der Waals surface area contributed by atoms with Crippen LogP contribution in [0.3, 0.4) is 0 Å². The second kappa shape index (κ2) is 7.91. The van der Waals surface area contributed by atoms with Crippen molar-refractivity contribution < 1.29 is 9.47 Å². The number of para-hydroxylation sites is 1. The lowest BCUT2D eigenvalue weighted by Crippen LogP contribution is -2.09. The fourth-order valence-electron chi connectivity index (χ4n) is 2.77. The number of ether oxygens (including phenoxy) is 2. The van der Waals surface area contributed by atoms with Crippen LogP contribution in [0.4, 0.5) is 0 Å². The Kier molecular flexibility index (Phi) is 6.18. The molecule has 3 heteroatoms. The van der Waals surface area contributed by atoms with E-state index in [0.717, 1.165) is 5.75 Å². The number of benzene rings is 1. The minimum absolute atomic E-state index is 0.616. The predicted molar refractivity (Wildman–Crippen MR) is 82.4 cm³/mol. The molecule has 2 atom stereocenters. The van der Waals surface area contributed by atoms with Crippen LogP contribution in [-0.4, -0.2) is 25.2 Å². The second-order valence-electron chi connectivity index (χ2n) is 5.19. The molecule has 0 amide bonds. The Hall–Kier alpha value is -0.540. The van der Waals surface area contributed by atoms with Gasteiger partial charge in [0, 0.05) is 11.9 Å². The molecular weight excluding hydrogens is 304 g/mol. The molecule has 2 rings (SSSR count). The molecule has 1 aliphatic carbocycles. The van der Waals surface area contributed by atoms with Gasteiger partial charge in [-0.3, -0.25) is 0 Å². The Bertz CT molecular complexity index is 381. The van der Waals surface area contributed by atoms with E-state index in [1.807, 2.05) is 6.07 Å². The third-order valence-electron chi connectivity index (χ3n) is 3.76. The van der Waals surface area contributed by atoms with Crippen molar-refractivity contribution in [2.45, 2.75) is 42.8 Å². The third-order valence-corrected chi connectivity index (χ3v) is 4.60. The molecule has 0 bridgehead atoms. The largest absolute Gasteiger partial charge is 0.491 e. The van der Waals surface area contributed by atoms with Crippen molar-refractivity contribution in [2.24, 2.45) is 0 Å². The maximum absolute atomic E-state index is 5.87. The molecule has 106 valence electrons. The van der Waals surface area contributed by atoms with E-state index < -0.39 is 0 Å². The molecule has 0 spiro atoms. The van der Waals surface area contributed by atoms with E-state index in [2.05, 4.69) is 34.1 Å². The van der Waals surface area contributed by atoms with Gasteiger partial charge in [-0.2, -0.15) is 0 Å². The van der Waals surface area contributed by atoms with E-state index in [1.165, 1.54) is 37.7 Å². The highest BCUT2D eigenvalue weighted by Gasteiger charge is 2.22. The van der Waals surface area contributed by atoms with E-state index in [1.54, 1.807) is 7.11 Å². The van der Waals surface area contributed by atoms with Gasteiger partial charge in [0.2, 0.25) is 0 Å². The molecule has 0 heterocycles. The van der Waals surface area contributed by atoms with Crippen molar-refractivity contribution in [3.05, 3.63) is 29.8 Å². The summed E-state index contributed by atoms with van der Waals surface area (Å²) in [6.07, 6.45) is 6.43. The minimum atomic E-state index is 0.616. The SMILES string of the molecule is COCCOc1ccccc1C1CCCCC(Br)C1. The van der Waals surface area contributed by atoms with Crippen LogP contribution in [0.1, 0.15) is 43.6 Å². The first kappa shape index (κ1) is 14.9. The highest BCUT2D eigenvalue weighted by Crippen LogP contribution is 2.38. The molecule has 0 saturated heterocycles. The van der Waals surface area contributed by atoms with E-state index in [0.29, 0.717) is 24.0 Å². The number of hydrogen-bond acceptors (Lipinski definition) is 2. The monoisotopic (exact) mass is 326 g/mol. The zero-order chi connectivity index (χ0) is 13.5. The molecule has 2 nitrogen and oxygen atoms in total. The maximum Gasteiger partial charge on any atom is 0.122 e. The molecule has 19 heavy (non-hydrogen) atoms. The van der Waals surface area contributed by atoms with Gasteiger partial charge in [-0.1, -0.05) is 47.0 Å². The normalized spacial score (nSPS) is 23.9. The van der Waals surface area contributed by atoms with Crippen molar-refractivity contribution in [1.29, 1.82) is 0 Å². The van der Waals surface area contributed by atoms with Gasteiger partial charge in [0.05, 0.1) is 6.61 Å². The third kappa shape index (κ3) is 4.50. The van der Waals surface area contributed by atoms with Crippen LogP contribution in [0, 0.1) is 0 Å². The summed E-state index contributed by atoms with van der Waals surface area (Å²) >= 11 is 3.80. The molecule has 1 aromatic rings. The van der Waals surface area contributed by atoms with Gasteiger partial charge in [-0.05, 0) is 36.8 Å². The smallest absolute Gasteiger partial charge is 0.122 e. The summed E-state index contributed by atoms with van der Waals surface area (Å²) in [5.41, 5.74) is 1.37. The van der Waals surface area contributed by atoms with Gasteiger partial charge in [0.15, 0.2) is 0 Å². The number of alkyl halides is 1. The molecule has 2 unspecified atom stereocenters. The first-order valence-corrected chi connectivity index (χ1v) is 8.07. The van der Waals surface area contributed by atoms with Crippen LogP contribution in [0.5, 0.6) is 5.75 Å². The van der Waals surface area contributed by atoms with Crippen molar-refractivity contribution in [3.63, 3.8) is 0 Å². The Balaban J connectivity index is 2.08. The van der Waals surface area contributed by atoms with Gasteiger partial charge in [-0.25, -0.2) is 0 Å². The molecule has 0 aromatic heterocycles. The fourth-order valence-corrected chi connectivity index (χ4v) is 3.54. The summed E-state index contributed by atoms with van der Waals surface area (Å²) in [6, 6.07) is 8.47. The van der Waals surface area contributed by atoms with Crippen molar-refractivity contribution in [2.75, 3.05) is 20.3 Å². The average molecular weight is 327 g/mol. The molecule has 0 radical (unpaired) electrons. The van der Waals surface area contributed by atoms with Crippen LogP contribution in [-0.2, 0) is 4.74 Å². The van der Waals surface area contributed by atoms with Crippen LogP contribution in [0.25, 0.3) is 0 Å². The first-order valence-electron chi connectivity index (χ1n) is 7.16. The minimum Gasteiger partial charge on any atom is -0.491 e. The van der Waals surface area contributed by atoms with Gasteiger partial charge < -0.3 is 9.47 Å². The fraction of sp³-hybridized carbons (Fsp3) is 0.625. The Labute approximate surface area is 124 Å². The zero-order valence-electron chi connectivity index (χ0n) is 11.6. The van der Waals surface area contributed by atoms with Crippen LogP contribution >= 0.6 is 15.9 Å². The van der Waals surface area contributed by atoms with E-state index in [4.69, 9.17) is 9.47 Å². The molecule has 0 aliphatic heterocycles. The number of methoxy groups -OCH3 is 1. The summed E-state index contributed by atoms with van der Waals surface area (Å²) in [5, 5.41) is 0. The van der Waals surface area contributed by atoms with Crippen LogP contribution in [0.2, 0.25) is 0 Å². The molecule has 1 saturated carbocycles. The summed E-state index contributed by atoms with van der Waals surface area (Å²) in [4.78, 5) is 0.645. The van der Waals surface area contributed by atoms with E-state index >= 15 is 0 Å². The van der Waals surface area contributed by atoms with Gasteiger partial charge in [0.1, 0.15) is 12.4 Å². The van der Waals surface area contributed by atoms with Crippen molar-refractivity contribution in [1.82, 2.24) is 0 Å². The van der Waals surface area contributed by atoms with Crippen molar-refractivity contribution >= 4 is 15.9 Å². The lowest BCUT2D eigenvalue weighted by atomic mass is 9.91. The summed E-state index contributed by atoms with van der Waals surface area (Å²) in [7, 11) is 1.70. The molecule has 1 fully saturated rings. The lowest BCUT2D eigenvalue weighted by molar-refractivity contribution is 0.145. The molecule has 1 aliphatic rings. The van der Waals surface area contributed by atoms with E-state index in [9.17, 15) is 0 Å². The summed E-state index contributed by atoms with van der Waals surface area (Å²) < 4.78 is 10.9. The first-order chi connectivity index (χ1) is 9.31. The molecule has 0 N–H and O–H groups in total. The Morgan fingerprint density at radius 1 is 1.16 bits per heavy atom. The van der Waals surface area contributed by atoms with Crippen LogP contribution < -0.4 is 4.74 Å². The second-order valence-corrected chi connectivity index (χ2v) is 6.49. The summed E-state index contributed by atoms with van der Waals surface area (Å²) in [5.74, 6) is 1.65. The van der Waals surface area contributed by atoms with Gasteiger partial charge >= 0.3 is 0 Å². The number of rotatable bonds is 5. The average Bonchev–Trinajstić information content (AvgIpc) is 2.64. The molecule has 1 aromatic carbocycles. The lowest BCUT2D eigenvalue weighted by Gasteiger charge is -2.20. The highest BCUT2D eigenvalue weighted by atomic mass is 79.9. The standard InChI is InChI=1S/C16H23BrO2/c1-18-10-11-19-16-9-5-4-8-15(16)13-6-2-3-7-14(17)12-13/h4-5,8-9,13-14H,2-3,6-7,10-12H2,1H3.